The van der Waals surface area contributed by atoms with Gasteiger partial charge >= 0.3 is 24.3 Å². The molecule has 2 unspecified atom stereocenters. The highest BCUT2D eigenvalue weighted by atomic mass is 32.1. The van der Waals surface area contributed by atoms with Gasteiger partial charge in [-0.25, -0.2) is 9.59 Å². The number of carbonyl (C=O) groups excluding carboxylic acids is 1. The van der Waals surface area contributed by atoms with E-state index < -0.39 is 24.3 Å². The van der Waals surface area contributed by atoms with E-state index >= 15 is 0 Å². The largest absolute Gasteiger partial charge is 0.490 e. The van der Waals surface area contributed by atoms with Gasteiger partial charge in [0, 0.05) is 44.8 Å². The number of carboxylic acid groups (broad SMARTS) is 2. The molecule has 3 aromatic heterocycles. The molecule has 1 saturated heterocycles. The number of rotatable bonds is 4. The number of nitrogens with zero attached hydrogens (tertiary/aromatic N) is 4. The number of amides is 1. The predicted molar refractivity (Wildman–Crippen MR) is 128 cm³/mol. The van der Waals surface area contributed by atoms with Gasteiger partial charge in [-0.2, -0.15) is 37.7 Å². The summed E-state index contributed by atoms with van der Waals surface area (Å²) in [5.74, 6) is -5.39. The zero-order chi connectivity index (χ0) is 29.7. The molecule has 2 aliphatic heterocycles. The van der Waals surface area contributed by atoms with Crippen LogP contribution in [-0.2, 0) is 22.7 Å². The van der Waals surface area contributed by atoms with Crippen molar-refractivity contribution in [3.63, 3.8) is 0 Å². The van der Waals surface area contributed by atoms with Crippen LogP contribution in [0.15, 0.2) is 59.7 Å². The first-order chi connectivity index (χ1) is 18.7. The second kappa shape index (κ2) is 12.5. The number of alkyl halides is 6. The summed E-state index contributed by atoms with van der Waals surface area (Å²) in [6.07, 6.45) is -4.48. The summed E-state index contributed by atoms with van der Waals surface area (Å²) in [7, 11) is 0. The zero-order valence-corrected chi connectivity index (χ0v) is 21.2. The molecule has 1 fully saturated rings. The lowest BCUT2D eigenvalue weighted by atomic mass is 10.0. The average Bonchev–Trinajstić information content (AvgIpc) is 3.63. The Kier molecular flexibility index (Phi) is 9.57. The predicted octanol–water partition coefficient (Wildman–Crippen LogP) is 4.29. The molecule has 2 atom stereocenters. The van der Waals surface area contributed by atoms with Crippen molar-refractivity contribution in [3.05, 3.63) is 76.5 Å². The van der Waals surface area contributed by atoms with E-state index in [9.17, 15) is 31.1 Å². The van der Waals surface area contributed by atoms with Gasteiger partial charge < -0.3 is 19.7 Å². The van der Waals surface area contributed by atoms with Crippen molar-refractivity contribution in [2.24, 2.45) is 0 Å². The Hall–Kier alpha value is -3.92. The maximum absolute atomic E-state index is 13.1. The van der Waals surface area contributed by atoms with Gasteiger partial charge in [-0.1, -0.05) is 6.07 Å². The topological polar surface area (TPSA) is 116 Å². The van der Waals surface area contributed by atoms with E-state index in [-0.39, 0.29) is 11.9 Å². The Bertz CT molecular complexity index is 1270. The van der Waals surface area contributed by atoms with Gasteiger partial charge in [0.15, 0.2) is 0 Å². The fraction of sp³-hybridized carbons (Fsp3) is 0.333. The molecule has 0 aromatic carbocycles. The molecular weight excluding hydrogens is 570 g/mol. The van der Waals surface area contributed by atoms with Gasteiger partial charge in [-0.15, -0.1) is 0 Å². The molecule has 1 amide bonds. The molecule has 2 N–H and O–H groups in total. The molecule has 0 bridgehead atoms. The summed E-state index contributed by atoms with van der Waals surface area (Å²) in [5, 5.41) is 18.6. The van der Waals surface area contributed by atoms with Crippen LogP contribution in [-0.4, -0.2) is 78.9 Å². The minimum atomic E-state index is -5.08. The van der Waals surface area contributed by atoms with Crippen molar-refractivity contribution in [1.29, 1.82) is 0 Å². The van der Waals surface area contributed by atoms with Gasteiger partial charge in [0.1, 0.15) is 5.69 Å². The van der Waals surface area contributed by atoms with Crippen LogP contribution >= 0.6 is 11.3 Å². The number of aromatic nitrogens is 2. The maximum atomic E-state index is 13.1. The van der Waals surface area contributed by atoms with Gasteiger partial charge in [0.05, 0.1) is 12.1 Å². The quantitative estimate of drug-likeness (QED) is 0.435. The number of halogens is 6. The van der Waals surface area contributed by atoms with Crippen LogP contribution in [0.5, 0.6) is 0 Å². The average molecular weight is 593 g/mol. The summed E-state index contributed by atoms with van der Waals surface area (Å²) in [4.78, 5) is 39.6. The number of hydrogen-bond donors (Lipinski definition) is 2. The third-order valence-electron chi connectivity index (χ3n) is 5.90. The summed E-state index contributed by atoms with van der Waals surface area (Å²) in [6, 6.07) is 10.6. The molecule has 216 valence electrons. The lowest BCUT2D eigenvalue weighted by Crippen LogP contribution is -2.49. The van der Waals surface area contributed by atoms with Crippen molar-refractivity contribution < 1.29 is 50.9 Å². The lowest BCUT2D eigenvalue weighted by molar-refractivity contribution is -0.193. The van der Waals surface area contributed by atoms with Crippen LogP contribution in [0, 0.1) is 0 Å². The van der Waals surface area contributed by atoms with Gasteiger partial charge in [-0.05, 0) is 46.2 Å². The molecule has 2 aliphatic rings. The van der Waals surface area contributed by atoms with Crippen molar-refractivity contribution in [1.82, 2.24) is 19.4 Å². The van der Waals surface area contributed by atoms with Gasteiger partial charge in [-0.3, -0.25) is 14.7 Å². The third-order valence-corrected chi connectivity index (χ3v) is 6.63. The Morgan fingerprint density at radius 1 is 0.925 bits per heavy atom. The van der Waals surface area contributed by atoms with E-state index in [1.807, 2.05) is 35.4 Å². The number of fused-ring (bicyclic) bond motifs is 3. The third kappa shape index (κ3) is 7.81. The number of thiophene rings is 1. The smallest absolute Gasteiger partial charge is 0.475 e. The highest BCUT2D eigenvalue weighted by molar-refractivity contribution is 7.07. The molecule has 40 heavy (non-hydrogen) atoms. The van der Waals surface area contributed by atoms with E-state index in [4.69, 9.17) is 19.8 Å². The highest BCUT2D eigenvalue weighted by Gasteiger charge is 2.45. The van der Waals surface area contributed by atoms with Crippen LogP contribution in [0.25, 0.3) is 0 Å². The Morgan fingerprint density at radius 2 is 1.55 bits per heavy atom. The number of likely N-dealkylation sites (tertiary alicyclic amines) is 1. The van der Waals surface area contributed by atoms with Crippen LogP contribution < -0.4 is 0 Å². The Labute approximate surface area is 226 Å². The fourth-order valence-electron chi connectivity index (χ4n) is 4.24. The van der Waals surface area contributed by atoms with Gasteiger partial charge in [0.2, 0.25) is 0 Å². The minimum Gasteiger partial charge on any atom is -0.475 e. The number of carboxylic acids is 2. The number of hydrogen-bond acceptors (Lipinski definition) is 6. The molecular formula is C24H22F6N4O5S. The van der Waals surface area contributed by atoms with Crippen molar-refractivity contribution >= 4 is 29.2 Å². The van der Waals surface area contributed by atoms with E-state index in [1.54, 1.807) is 17.5 Å². The molecule has 0 spiro atoms. The molecule has 0 radical (unpaired) electrons. The molecule has 9 nitrogen and oxygen atoms in total. The second-order valence-corrected chi connectivity index (χ2v) is 9.44. The number of carbonyl (C=O) groups is 3. The number of aliphatic carboxylic acids is 2. The van der Waals surface area contributed by atoms with Crippen molar-refractivity contribution in [2.75, 3.05) is 13.1 Å². The molecule has 5 rings (SSSR count). The Morgan fingerprint density at radius 3 is 2.08 bits per heavy atom. The SMILES string of the molecule is O=C(O)C(F)(F)F.O=C(O)C(F)(F)F.O=C1c2cccn2C2CN(Cc3ccsc3)CC2N1Cc1cccnc1. The minimum absolute atomic E-state index is 0.123. The summed E-state index contributed by atoms with van der Waals surface area (Å²) in [6.45, 7) is 3.44. The molecule has 5 heterocycles. The van der Waals surface area contributed by atoms with Gasteiger partial charge in [0.25, 0.3) is 5.91 Å². The second-order valence-electron chi connectivity index (χ2n) is 8.66. The Balaban J connectivity index is 0.000000263. The molecule has 3 aromatic rings. The summed E-state index contributed by atoms with van der Waals surface area (Å²) in [5.41, 5.74) is 3.23. The standard InChI is InChI=1S/C20H20N4OS.2C2HF3O2/c25-20-17-4-2-7-23(17)18-12-22(10-16-5-8-26-14-16)13-19(18)24(20)11-15-3-1-6-21-9-15;2*3-2(4,5)1(6)7/h1-9,14,18-19H,10-13H2;2*(H,6,7). The maximum Gasteiger partial charge on any atom is 0.490 e. The van der Waals surface area contributed by atoms with E-state index in [2.05, 4.69) is 37.5 Å². The monoisotopic (exact) mass is 592 g/mol. The van der Waals surface area contributed by atoms with Crippen molar-refractivity contribution in [3.8, 4) is 0 Å². The van der Waals surface area contributed by atoms with Crippen LogP contribution in [0.2, 0.25) is 0 Å². The first-order valence-electron chi connectivity index (χ1n) is 11.4. The fourth-order valence-corrected chi connectivity index (χ4v) is 4.90. The van der Waals surface area contributed by atoms with Crippen LogP contribution in [0.4, 0.5) is 26.3 Å². The van der Waals surface area contributed by atoms with E-state index in [1.165, 1.54) is 5.56 Å². The van der Waals surface area contributed by atoms with E-state index in [0.29, 0.717) is 12.6 Å². The first-order valence-corrected chi connectivity index (χ1v) is 12.3. The lowest BCUT2D eigenvalue weighted by Gasteiger charge is -2.38. The molecule has 16 heteroatoms. The number of pyridine rings is 1. The molecule has 0 aliphatic carbocycles. The normalized spacial score (nSPS) is 18.6. The van der Waals surface area contributed by atoms with E-state index in [0.717, 1.165) is 30.9 Å². The van der Waals surface area contributed by atoms with Crippen LogP contribution in [0.3, 0.4) is 0 Å². The molecule has 0 saturated carbocycles. The van der Waals surface area contributed by atoms with Crippen LogP contribution in [0.1, 0.15) is 27.7 Å². The zero-order valence-electron chi connectivity index (χ0n) is 20.3. The summed E-state index contributed by atoms with van der Waals surface area (Å²) < 4.78 is 65.7. The first kappa shape index (κ1) is 30.6. The van der Waals surface area contributed by atoms with Crippen molar-refractivity contribution in [2.45, 2.75) is 37.5 Å². The highest BCUT2D eigenvalue weighted by Crippen LogP contribution is 2.35. The summed E-state index contributed by atoms with van der Waals surface area (Å²) >= 11 is 1.74.